The van der Waals surface area contributed by atoms with Gasteiger partial charge in [-0.1, -0.05) is 18.2 Å². The average molecular weight is 529 g/mol. The summed E-state index contributed by atoms with van der Waals surface area (Å²) in [5.41, 5.74) is 1.26. The third-order valence-electron chi connectivity index (χ3n) is 6.77. The molecule has 4 heterocycles. The predicted molar refractivity (Wildman–Crippen MR) is 138 cm³/mol. The minimum absolute atomic E-state index is 0.0927. The number of rotatable bonds is 6. The lowest BCUT2D eigenvalue weighted by atomic mass is 9.91. The van der Waals surface area contributed by atoms with Gasteiger partial charge in [0.25, 0.3) is 5.91 Å². The molecule has 5 rings (SSSR count). The van der Waals surface area contributed by atoms with Crippen molar-refractivity contribution in [3.63, 3.8) is 0 Å². The lowest BCUT2D eigenvalue weighted by Crippen LogP contribution is -2.42. The maximum absolute atomic E-state index is 12.5. The van der Waals surface area contributed by atoms with Gasteiger partial charge in [0.1, 0.15) is 10.7 Å². The number of carbonyl (C=O) groups is 1. The first-order chi connectivity index (χ1) is 17.1. The van der Waals surface area contributed by atoms with E-state index in [2.05, 4.69) is 15.3 Å². The standard InChI is InChI=1S/C24H28N6O4S2/c1-29-13-9-24(32,22(29)31)17-5-3-4-16(14-17)21-27-20(15-35-21)19-6-10-25-23(28-19)26-18-7-11-30(12-8-18)36(2,33)34/h3-6,10,14-15,18,32H,7-9,11-13H2,1-2H3,(H,25,26,28). The third kappa shape index (κ3) is 4.85. The highest BCUT2D eigenvalue weighted by Crippen LogP contribution is 2.36. The molecule has 36 heavy (non-hydrogen) atoms. The predicted octanol–water partition coefficient (Wildman–Crippen LogP) is 2.15. The molecule has 1 aromatic carbocycles. The molecule has 0 aliphatic carbocycles. The quantitative estimate of drug-likeness (QED) is 0.498. The molecule has 2 N–H and O–H groups in total. The summed E-state index contributed by atoms with van der Waals surface area (Å²) in [5.74, 6) is 0.190. The van der Waals surface area contributed by atoms with E-state index in [1.807, 2.05) is 23.6 Å². The number of nitrogens with one attached hydrogen (secondary N) is 1. The molecule has 1 unspecified atom stereocenters. The molecule has 2 saturated heterocycles. The lowest BCUT2D eigenvalue weighted by Gasteiger charge is -2.30. The number of thiazole rings is 1. The van der Waals surface area contributed by atoms with E-state index in [1.165, 1.54) is 21.9 Å². The van der Waals surface area contributed by atoms with Crippen molar-refractivity contribution in [2.24, 2.45) is 0 Å². The Bertz CT molecular complexity index is 1390. The van der Waals surface area contributed by atoms with Gasteiger partial charge in [-0.2, -0.15) is 0 Å². The van der Waals surface area contributed by atoms with Gasteiger partial charge in [-0.05, 0) is 30.5 Å². The average Bonchev–Trinajstić information content (AvgIpc) is 3.46. The Kier molecular flexibility index (Phi) is 6.54. The van der Waals surface area contributed by atoms with Crippen LogP contribution in [-0.2, 0) is 20.4 Å². The lowest BCUT2D eigenvalue weighted by molar-refractivity contribution is -0.143. The Hall–Kier alpha value is -2.93. The molecule has 0 bridgehead atoms. The van der Waals surface area contributed by atoms with Gasteiger partial charge >= 0.3 is 0 Å². The molecule has 2 aromatic heterocycles. The van der Waals surface area contributed by atoms with Gasteiger partial charge < -0.3 is 15.3 Å². The van der Waals surface area contributed by atoms with E-state index in [-0.39, 0.29) is 11.9 Å². The summed E-state index contributed by atoms with van der Waals surface area (Å²) in [4.78, 5) is 27.8. The molecule has 0 saturated carbocycles. The van der Waals surface area contributed by atoms with Crippen molar-refractivity contribution in [2.75, 3.05) is 38.3 Å². The largest absolute Gasteiger partial charge is 0.375 e. The van der Waals surface area contributed by atoms with Gasteiger partial charge in [-0.3, -0.25) is 4.79 Å². The van der Waals surface area contributed by atoms with Crippen LogP contribution in [0.15, 0.2) is 41.9 Å². The number of sulfonamides is 1. The second-order valence-electron chi connectivity index (χ2n) is 9.30. The fraction of sp³-hybridized carbons (Fsp3) is 0.417. The zero-order chi connectivity index (χ0) is 25.5. The molecular formula is C24H28N6O4S2. The SMILES string of the molecule is CN1CCC(O)(c2cccc(-c3nc(-c4ccnc(NC5CCN(S(C)(=O)=O)CC5)n4)cs3)c2)C1=O. The van der Waals surface area contributed by atoms with E-state index in [4.69, 9.17) is 4.98 Å². The highest BCUT2D eigenvalue weighted by Gasteiger charge is 2.45. The maximum Gasteiger partial charge on any atom is 0.258 e. The number of nitrogens with zero attached hydrogens (tertiary/aromatic N) is 5. The van der Waals surface area contributed by atoms with Crippen molar-refractivity contribution < 1.29 is 18.3 Å². The smallest absolute Gasteiger partial charge is 0.258 e. The number of aliphatic hydroxyl groups is 1. The van der Waals surface area contributed by atoms with Crippen LogP contribution >= 0.6 is 11.3 Å². The van der Waals surface area contributed by atoms with Gasteiger partial charge in [-0.25, -0.2) is 27.7 Å². The monoisotopic (exact) mass is 528 g/mol. The van der Waals surface area contributed by atoms with E-state index >= 15 is 0 Å². The van der Waals surface area contributed by atoms with Crippen molar-refractivity contribution in [1.82, 2.24) is 24.2 Å². The van der Waals surface area contributed by atoms with Gasteiger partial charge in [0, 0.05) is 56.3 Å². The molecule has 2 fully saturated rings. The van der Waals surface area contributed by atoms with Crippen molar-refractivity contribution >= 4 is 33.2 Å². The number of piperidine rings is 1. The van der Waals surface area contributed by atoms with Crippen molar-refractivity contribution in [3.05, 3.63) is 47.5 Å². The number of benzene rings is 1. The number of amides is 1. The van der Waals surface area contributed by atoms with E-state index in [0.29, 0.717) is 61.8 Å². The van der Waals surface area contributed by atoms with Crippen LogP contribution in [-0.4, -0.2) is 82.6 Å². The number of hydrogen-bond acceptors (Lipinski definition) is 9. The van der Waals surface area contributed by atoms with E-state index in [0.717, 1.165) is 10.6 Å². The molecule has 190 valence electrons. The number of anilines is 1. The summed E-state index contributed by atoms with van der Waals surface area (Å²) in [6.45, 7) is 1.46. The Balaban J connectivity index is 1.31. The highest BCUT2D eigenvalue weighted by molar-refractivity contribution is 7.88. The molecule has 3 aromatic rings. The summed E-state index contributed by atoms with van der Waals surface area (Å²) in [6, 6.07) is 9.23. The molecule has 0 spiro atoms. The second-order valence-corrected chi connectivity index (χ2v) is 12.1. The van der Waals surface area contributed by atoms with Crippen LogP contribution in [0.5, 0.6) is 0 Å². The molecule has 2 aliphatic rings. The minimum Gasteiger partial charge on any atom is -0.375 e. The molecule has 10 nitrogen and oxygen atoms in total. The van der Waals surface area contributed by atoms with Gasteiger partial charge in [0.15, 0.2) is 5.60 Å². The molecule has 1 atom stereocenters. The molecule has 2 aliphatic heterocycles. The van der Waals surface area contributed by atoms with E-state index in [9.17, 15) is 18.3 Å². The summed E-state index contributed by atoms with van der Waals surface area (Å²) in [6.07, 6.45) is 4.64. The van der Waals surface area contributed by atoms with Crippen LogP contribution < -0.4 is 5.32 Å². The van der Waals surface area contributed by atoms with Gasteiger partial charge in [0.05, 0.1) is 11.9 Å². The Morgan fingerprint density at radius 3 is 2.61 bits per heavy atom. The summed E-state index contributed by atoms with van der Waals surface area (Å²) >= 11 is 1.46. The zero-order valence-corrected chi connectivity index (χ0v) is 21.7. The topological polar surface area (TPSA) is 129 Å². The fourth-order valence-electron chi connectivity index (χ4n) is 4.64. The van der Waals surface area contributed by atoms with Crippen LogP contribution in [0.25, 0.3) is 22.0 Å². The van der Waals surface area contributed by atoms with E-state index < -0.39 is 15.6 Å². The van der Waals surface area contributed by atoms with Crippen LogP contribution in [0.3, 0.4) is 0 Å². The van der Waals surface area contributed by atoms with Gasteiger partial charge in [0.2, 0.25) is 16.0 Å². The first-order valence-corrected chi connectivity index (χ1v) is 14.5. The number of carbonyl (C=O) groups excluding carboxylic acids is 1. The molecule has 1 amide bonds. The molecular weight excluding hydrogens is 500 g/mol. The Morgan fingerprint density at radius 2 is 1.92 bits per heavy atom. The van der Waals surface area contributed by atoms with Crippen molar-refractivity contribution in [3.8, 4) is 22.0 Å². The highest BCUT2D eigenvalue weighted by atomic mass is 32.2. The molecule has 0 radical (unpaired) electrons. The van der Waals surface area contributed by atoms with Crippen molar-refractivity contribution in [1.29, 1.82) is 0 Å². The first-order valence-electron chi connectivity index (χ1n) is 11.7. The van der Waals surface area contributed by atoms with Gasteiger partial charge in [-0.15, -0.1) is 11.3 Å². The molecule has 12 heteroatoms. The summed E-state index contributed by atoms with van der Waals surface area (Å²) in [7, 11) is -1.47. The number of hydrogen-bond donors (Lipinski definition) is 2. The van der Waals surface area contributed by atoms with Crippen LogP contribution in [0.1, 0.15) is 24.8 Å². The minimum atomic E-state index is -3.17. The number of likely N-dealkylation sites (tertiary alicyclic amines) is 1. The van der Waals surface area contributed by atoms with E-state index in [1.54, 1.807) is 30.3 Å². The summed E-state index contributed by atoms with van der Waals surface area (Å²) in [5, 5.41) is 17.0. The Morgan fingerprint density at radius 1 is 1.14 bits per heavy atom. The van der Waals surface area contributed by atoms with Crippen molar-refractivity contribution in [2.45, 2.75) is 30.9 Å². The zero-order valence-electron chi connectivity index (χ0n) is 20.1. The number of likely N-dealkylation sites (N-methyl/N-ethyl adjacent to an activating group) is 1. The first kappa shape index (κ1) is 24.8. The second kappa shape index (κ2) is 9.51. The third-order valence-corrected chi connectivity index (χ3v) is 8.97. The van der Waals surface area contributed by atoms with Crippen LogP contribution in [0, 0.1) is 0 Å². The van der Waals surface area contributed by atoms with Crippen LogP contribution in [0.4, 0.5) is 5.95 Å². The number of aromatic nitrogens is 3. The normalized spacial score (nSPS) is 21.8. The Labute approximate surface area is 214 Å². The summed E-state index contributed by atoms with van der Waals surface area (Å²) < 4.78 is 25.0. The maximum atomic E-state index is 12.5. The van der Waals surface area contributed by atoms with Crippen LogP contribution in [0.2, 0.25) is 0 Å². The fourth-order valence-corrected chi connectivity index (χ4v) is 6.33.